The Morgan fingerprint density at radius 2 is 1.94 bits per heavy atom. The van der Waals surface area contributed by atoms with E-state index in [9.17, 15) is 4.79 Å². The van der Waals surface area contributed by atoms with E-state index in [1.165, 1.54) is 6.20 Å². The Kier molecular flexibility index (Phi) is 4.74. The van der Waals surface area contributed by atoms with Gasteiger partial charge in [0.25, 0.3) is 0 Å². The topological polar surface area (TPSA) is 66.9 Å². The van der Waals surface area contributed by atoms with Crippen LogP contribution in [-0.2, 0) is 0 Å². The van der Waals surface area contributed by atoms with Crippen LogP contribution in [0.2, 0.25) is 0 Å². The summed E-state index contributed by atoms with van der Waals surface area (Å²) in [6.45, 7) is 0. The highest BCUT2D eigenvalue weighted by Crippen LogP contribution is 2.10. The number of urea groups is 1. The van der Waals surface area contributed by atoms with Crippen LogP contribution in [0.3, 0.4) is 0 Å². The molecule has 16 heavy (non-hydrogen) atoms. The van der Waals surface area contributed by atoms with E-state index in [4.69, 9.17) is 0 Å². The van der Waals surface area contributed by atoms with E-state index in [1.54, 1.807) is 0 Å². The molecule has 0 radical (unpaired) electrons. The van der Waals surface area contributed by atoms with Crippen LogP contribution in [0, 0.1) is 0 Å². The number of rotatable bonds is 2. The quantitative estimate of drug-likeness (QED) is 0.864. The van der Waals surface area contributed by atoms with Gasteiger partial charge < -0.3 is 5.32 Å². The van der Waals surface area contributed by atoms with Crippen molar-refractivity contribution < 1.29 is 4.79 Å². The molecule has 0 spiro atoms. The van der Waals surface area contributed by atoms with Gasteiger partial charge in [-0.05, 0) is 12.1 Å². The molecule has 0 saturated carbocycles. The van der Waals surface area contributed by atoms with Gasteiger partial charge in [0.15, 0.2) is 0 Å². The van der Waals surface area contributed by atoms with Crippen molar-refractivity contribution in [2.24, 2.45) is 0 Å². The Morgan fingerprint density at radius 3 is 2.56 bits per heavy atom. The van der Waals surface area contributed by atoms with Crippen molar-refractivity contribution in [3.63, 3.8) is 0 Å². The van der Waals surface area contributed by atoms with Crippen LogP contribution in [0.15, 0.2) is 36.5 Å². The molecule has 1 aromatic heterocycles. The SMILES string of the molecule is O=C(Nc1ccccc1)Nc1cnns1.S. The Balaban J connectivity index is 0.00000128. The van der Waals surface area contributed by atoms with Crippen molar-refractivity contribution in [3.05, 3.63) is 36.5 Å². The van der Waals surface area contributed by atoms with Crippen molar-refractivity contribution in [2.75, 3.05) is 10.6 Å². The van der Waals surface area contributed by atoms with E-state index in [2.05, 4.69) is 20.2 Å². The van der Waals surface area contributed by atoms with Gasteiger partial charge in [0.05, 0.1) is 6.20 Å². The smallest absolute Gasteiger partial charge is 0.308 e. The molecule has 5 nitrogen and oxygen atoms in total. The third-order valence-electron chi connectivity index (χ3n) is 1.63. The van der Waals surface area contributed by atoms with Gasteiger partial charge in [0.2, 0.25) is 0 Å². The summed E-state index contributed by atoms with van der Waals surface area (Å²) in [5.41, 5.74) is 0.743. The molecule has 1 aromatic carbocycles. The number of nitrogens with one attached hydrogen (secondary N) is 2. The third kappa shape index (κ3) is 3.52. The van der Waals surface area contributed by atoms with Gasteiger partial charge in [-0.15, -0.1) is 5.10 Å². The summed E-state index contributed by atoms with van der Waals surface area (Å²) >= 11 is 1.13. The molecule has 2 rings (SSSR count). The Hall–Kier alpha value is -1.60. The molecule has 0 saturated heterocycles. The van der Waals surface area contributed by atoms with Crippen LogP contribution >= 0.6 is 25.0 Å². The Morgan fingerprint density at radius 1 is 1.19 bits per heavy atom. The molecule has 0 unspecified atom stereocenters. The summed E-state index contributed by atoms with van der Waals surface area (Å²) in [5, 5.41) is 9.52. The van der Waals surface area contributed by atoms with Crippen molar-refractivity contribution >= 4 is 41.7 Å². The number of benzene rings is 1. The lowest BCUT2D eigenvalue weighted by Crippen LogP contribution is -2.18. The highest BCUT2D eigenvalue weighted by atomic mass is 32.1. The molecule has 0 atom stereocenters. The fraction of sp³-hybridized carbons (Fsp3) is 0. The summed E-state index contributed by atoms with van der Waals surface area (Å²) in [4.78, 5) is 11.4. The van der Waals surface area contributed by atoms with Crippen LogP contribution in [0.5, 0.6) is 0 Å². The zero-order valence-electron chi connectivity index (χ0n) is 8.18. The number of anilines is 2. The first-order chi connectivity index (χ1) is 7.34. The average Bonchev–Trinajstić information content (AvgIpc) is 2.71. The molecule has 84 valence electrons. The van der Waals surface area contributed by atoms with E-state index in [0.717, 1.165) is 17.2 Å². The Bertz CT molecular complexity index is 432. The largest absolute Gasteiger partial charge is 0.324 e. The number of amides is 2. The van der Waals surface area contributed by atoms with E-state index in [-0.39, 0.29) is 19.5 Å². The molecule has 0 bridgehead atoms. The highest BCUT2D eigenvalue weighted by Gasteiger charge is 2.03. The maximum absolute atomic E-state index is 11.4. The monoisotopic (exact) mass is 254 g/mol. The summed E-state index contributed by atoms with van der Waals surface area (Å²) in [7, 11) is 0. The van der Waals surface area contributed by atoms with Gasteiger partial charge >= 0.3 is 6.03 Å². The Labute approximate surface area is 103 Å². The summed E-state index contributed by atoms with van der Waals surface area (Å²) in [5.74, 6) is 0. The molecule has 0 fully saturated rings. The number of nitrogens with zero attached hydrogens (tertiary/aromatic N) is 2. The lowest BCUT2D eigenvalue weighted by atomic mass is 10.3. The van der Waals surface area contributed by atoms with Gasteiger partial charge in [-0.1, -0.05) is 22.7 Å². The second-order valence-electron chi connectivity index (χ2n) is 2.73. The number of aromatic nitrogens is 2. The van der Waals surface area contributed by atoms with E-state index in [0.29, 0.717) is 5.00 Å². The second kappa shape index (κ2) is 6.09. The minimum Gasteiger partial charge on any atom is -0.308 e. The molecular weight excluding hydrogens is 244 g/mol. The maximum atomic E-state index is 11.4. The van der Waals surface area contributed by atoms with E-state index < -0.39 is 0 Å². The van der Waals surface area contributed by atoms with Crippen LogP contribution in [0.25, 0.3) is 0 Å². The third-order valence-corrected chi connectivity index (χ3v) is 2.21. The van der Waals surface area contributed by atoms with Crippen molar-refractivity contribution in [2.45, 2.75) is 0 Å². The highest BCUT2D eigenvalue weighted by molar-refractivity contribution is 7.59. The molecule has 0 aliphatic rings. The van der Waals surface area contributed by atoms with Crippen molar-refractivity contribution in [3.8, 4) is 0 Å². The first-order valence-electron chi connectivity index (χ1n) is 4.25. The summed E-state index contributed by atoms with van der Waals surface area (Å²) < 4.78 is 3.63. The van der Waals surface area contributed by atoms with E-state index >= 15 is 0 Å². The van der Waals surface area contributed by atoms with E-state index in [1.807, 2.05) is 30.3 Å². The maximum Gasteiger partial charge on any atom is 0.324 e. The predicted octanol–water partition coefficient (Wildman–Crippen LogP) is 2.29. The first-order valence-corrected chi connectivity index (χ1v) is 5.02. The standard InChI is InChI=1S/C9H8N4OS.H2S/c14-9(12-8-6-10-13-15-8)11-7-4-2-1-3-5-7;/h1-6H,(H2,11,12,14);1H2. The van der Waals surface area contributed by atoms with Crippen LogP contribution in [0.4, 0.5) is 15.5 Å². The second-order valence-corrected chi connectivity index (χ2v) is 3.51. The van der Waals surface area contributed by atoms with Gasteiger partial charge in [0.1, 0.15) is 5.00 Å². The van der Waals surface area contributed by atoms with Crippen molar-refractivity contribution in [1.29, 1.82) is 0 Å². The number of hydrogen-bond acceptors (Lipinski definition) is 4. The summed E-state index contributed by atoms with van der Waals surface area (Å²) in [6, 6.07) is 8.91. The lowest BCUT2D eigenvalue weighted by molar-refractivity contribution is 0.262. The van der Waals surface area contributed by atoms with Crippen LogP contribution in [0.1, 0.15) is 0 Å². The minimum atomic E-state index is -0.299. The fourth-order valence-electron chi connectivity index (χ4n) is 1.02. The number of carbonyl (C=O) groups is 1. The lowest BCUT2D eigenvalue weighted by Gasteiger charge is -2.04. The molecule has 2 aromatic rings. The van der Waals surface area contributed by atoms with Gasteiger partial charge in [-0.25, -0.2) is 4.79 Å². The minimum absolute atomic E-state index is 0. The molecule has 2 amide bonds. The molecule has 2 N–H and O–H groups in total. The van der Waals surface area contributed by atoms with Gasteiger partial charge in [-0.2, -0.15) is 13.5 Å². The van der Waals surface area contributed by atoms with Gasteiger partial charge in [-0.3, -0.25) is 5.32 Å². The molecule has 7 heteroatoms. The summed E-state index contributed by atoms with van der Waals surface area (Å²) in [6.07, 6.45) is 1.50. The van der Waals surface area contributed by atoms with Crippen LogP contribution < -0.4 is 10.6 Å². The number of para-hydroxylation sites is 1. The first kappa shape index (κ1) is 12.5. The van der Waals surface area contributed by atoms with Crippen LogP contribution in [-0.4, -0.2) is 15.6 Å². The zero-order chi connectivity index (χ0) is 10.5. The average molecular weight is 254 g/mol. The number of carbonyl (C=O) groups excluding carboxylic acids is 1. The fourth-order valence-corrected chi connectivity index (χ4v) is 1.43. The normalized spacial score (nSPS) is 9.00. The molecule has 0 aliphatic heterocycles. The van der Waals surface area contributed by atoms with Crippen molar-refractivity contribution in [1.82, 2.24) is 9.59 Å². The molecule has 0 aliphatic carbocycles. The predicted molar refractivity (Wildman–Crippen MR) is 69.4 cm³/mol. The molecular formula is C9H10N4OS2. The molecule has 1 heterocycles. The zero-order valence-corrected chi connectivity index (χ0v) is 9.99. The number of hydrogen-bond donors (Lipinski definition) is 2. The van der Waals surface area contributed by atoms with Gasteiger partial charge in [0, 0.05) is 17.2 Å².